The second kappa shape index (κ2) is 5.74. The van der Waals surface area contributed by atoms with Crippen LogP contribution in [0.1, 0.15) is 6.92 Å². The van der Waals surface area contributed by atoms with Crippen molar-refractivity contribution in [3.63, 3.8) is 0 Å². The summed E-state index contributed by atoms with van der Waals surface area (Å²) in [5.74, 6) is -1.69. The molecule has 18 heavy (non-hydrogen) atoms. The van der Waals surface area contributed by atoms with E-state index in [4.69, 9.17) is 14.9 Å². The first-order valence-corrected chi connectivity index (χ1v) is 5.37. The first kappa shape index (κ1) is 14.3. The van der Waals surface area contributed by atoms with Crippen molar-refractivity contribution in [3.05, 3.63) is 12.2 Å². The van der Waals surface area contributed by atoms with Crippen LogP contribution in [0.5, 0.6) is 0 Å². The zero-order valence-electron chi connectivity index (χ0n) is 9.96. The van der Waals surface area contributed by atoms with Crippen LogP contribution in [-0.4, -0.2) is 59.3 Å². The summed E-state index contributed by atoms with van der Waals surface area (Å²) in [7, 11) is 0. The number of hydrogen-bond donors (Lipinski definition) is 2. The van der Waals surface area contributed by atoms with Gasteiger partial charge >= 0.3 is 5.97 Å². The van der Waals surface area contributed by atoms with E-state index in [0.29, 0.717) is 0 Å². The number of esters is 1. The van der Waals surface area contributed by atoms with Gasteiger partial charge < -0.3 is 14.9 Å². The largest absolute Gasteiger partial charge is 0.463 e. The lowest BCUT2D eigenvalue weighted by Gasteiger charge is -2.22. The van der Waals surface area contributed by atoms with Crippen molar-refractivity contribution >= 4 is 17.8 Å². The van der Waals surface area contributed by atoms with Gasteiger partial charge in [0.25, 0.3) is 11.8 Å². The Kier molecular flexibility index (Phi) is 4.57. The van der Waals surface area contributed by atoms with E-state index in [-0.39, 0.29) is 13.2 Å². The molecule has 100 valence electrons. The standard InChI is InChI=1S/C11H15NO6/c1-11(6-13,7-14)10(17)18-5-4-12-8(15)2-3-9(12)16/h2-3,13-14H,4-7H2,1H3. The van der Waals surface area contributed by atoms with Gasteiger partial charge in [-0.25, -0.2) is 0 Å². The molecule has 0 aliphatic carbocycles. The number of rotatable bonds is 6. The van der Waals surface area contributed by atoms with E-state index < -0.39 is 36.4 Å². The summed E-state index contributed by atoms with van der Waals surface area (Å²) in [6.45, 7) is 0.0247. The van der Waals surface area contributed by atoms with Crippen molar-refractivity contribution < 1.29 is 29.3 Å². The lowest BCUT2D eigenvalue weighted by molar-refractivity contribution is -0.161. The molecule has 7 heteroatoms. The Hall–Kier alpha value is -1.73. The van der Waals surface area contributed by atoms with E-state index in [9.17, 15) is 14.4 Å². The van der Waals surface area contributed by atoms with Crippen LogP contribution in [0.25, 0.3) is 0 Å². The number of carbonyl (C=O) groups is 3. The highest BCUT2D eigenvalue weighted by atomic mass is 16.5. The molecule has 0 radical (unpaired) electrons. The number of ether oxygens (including phenoxy) is 1. The maximum absolute atomic E-state index is 11.5. The molecule has 0 unspecified atom stereocenters. The third kappa shape index (κ3) is 2.93. The number of aliphatic hydroxyl groups excluding tert-OH is 2. The summed E-state index contributed by atoms with van der Waals surface area (Å²) in [6.07, 6.45) is 2.27. The van der Waals surface area contributed by atoms with Gasteiger partial charge in [0.05, 0.1) is 19.8 Å². The Bertz CT molecular complexity index is 367. The first-order valence-electron chi connectivity index (χ1n) is 5.37. The molecule has 0 aromatic carbocycles. The van der Waals surface area contributed by atoms with Crippen LogP contribution in [-0.2, 0) is 19.1 Å². The number of aliphatic hydroxyl groups is 2. The van der Waals surface area contributed by atoms with Crippen molar-refractivity contribution in [2.45, 2.75) is 6.92 Å². The molecule has 0 atom stereocenters. The van der Waals surface area contributed by atoms with Crippen molar-refractivity contribution in [3.8, 4) is 0 Å². The number of nitrogens with zero attached hydrogens (tertiary/aromatic N) is 1. The highest BCUT2D eigenvalue weighted by Gasteiger charge is 2.34. The number of amides is 2. The minimum absolute atomic E-state index is 0.0522. The molecule has 1 heterocycles. The maximum atomic E-state index is 11.5. The van der Waals surface area contributed by atoms with Crippen molar-refractivity contribution in [2.75, 3.05) is 26.4 Å². The fourth-order valence-corrected chi connectivity index (χ4v) is 1.23. The molecule has 0 saturated carbocycles. The van der Waals surface area contributed by atoms with Gasteiger partial charge in [0.1, 0.15) is 12.0 Å². The molecule has 1 rings (SSSR count). The molecule has 0 spiro atoms. The van der Waals surface area contributed by atoms with Gasteiger partial charge in [-0.2, -0.15) is 0 Å². The third-order valence-corrected chi connectivity index (χ3v) is 2.64. The zero-order valence-corrected chi connectivity index (χ0v) is 9.96. The van der Waals surface area contributed by atoms with Crippen LogP contribution in [0.3, 0.4) is 0 Å². The lowest BCUT2D eigenvalue weighted by atomic mass is 9.93. The zero-order chi connectivity index (χ0) is 13.8. The van der Waals surface area contributed by atoms with E-state index in [1.807, 2.05) is 0 Å². The van der Waals surface area contributed by atoms with E-state index in [0.717, 1.165) is 17.1 Å². The summed E-state index contributed by atoms with van der Waals surface area (Å²) < 4.78 is 4.81. The first-order chi connectivity index (χ1) is 8.44. The van der Waals surface area contributed by atoms with E-state index in [1.54, 1.807) is 0 Å². The van der Waals surface area contributed by atoms with Gasteiger partial charge in [-0.15, -0.1) is 0 Å². The average Bonchev–Trinajstić information content (AvgIpc) is 2.69. The van der Waals surface area contributed by atoms with Gasteiger partial charge in [-0.1, -0.05) is 0 Å². The van der Waals surface area contributed by atoms with E-state index in [1.165, 1.54) is 6.92 Å². The number of carbonyl (C=O) groups excluding carboxylic acids is 3. The predicted octanol–water partition coefficient (Wildman–Crippen LogP) is -1.55. The Morgan fingerprint density at radius 1 is 1.28 bits per heavy atom. The quantitative estimate of drug-likeness (QED) is 0.441. The molecule has 0 bridgehead atoms. The van der Waals surface area contributed by atoms with Crippen molar-refractivity contribution in [1.82, 2.24) is 4.90 Å². The van der Waals surface area contributed by atoms with E-state index >= 15 is 0 Å². The summed E-state index contributed by atoms with van der Waals surface area (Å²) in [5.41, 5.74) is -1.38. The van der Waals surface area contributed by atoms with Crippen LogP contribution in [0.2, 0.25) is 0 Å². The molecule has 2 amide bonds. The SMILES string of the molecule is CC(CO)(CO)C(=O)OCCN1C(=O)C=CC1=O. The molecule has 1 aliphatic rings. The van der Waals surface area contributed by atoms with Crippen LogP contribution < -0.4 is 0 Å². The normalized spacial score (nSPS) is 15.4. The molecule has 0 saturated heterocycles. The molecular weight excluding hydrogens is 242 g/mol. The Morgan fingerprint density at radius 2 is 1.78 bits per heavy atom. The number of imide groups is 1. The highest BCUT2D eigenvalue weighted by Crippen LogP contribution is 2.16. The molecular formula is C11H15NO6. The van der Waals surface area contributed by atoms with E-state index in [2.05, 4.69) is 0 Å². The Morgan fingerprint density at radius 3 is 2.22 bits per heavy atom. The minimum atomic E-state index is -1.38. The minimum Gasteiger partial charge on any atom is -0.463 e. The molecule has 1 aliphatic heterocycles. The lowest BCUT2D eigenvalue weighted by Crippen LogP contribution is -2.39. The van der Waals surface area contributed by atoms with Gasteiger partial charge in [0, 0.05) is 12.2 Å². The second-order valence-electron chi connectivity index (χ2n) is 4.17. The molecule has 7 nitrogen and oxygen atoms in total. The Labute approximate surface area is 104 Å². The third-order valence-electron chi connectivity index (χ3n) is 2.64. The summed E-state index contributed by atoms with van der Waals surface area (Å²) in [5, 5.41) is 17.9. The highest BCUT2D eigenvalue weighted by molar-refractivity contribution is 6.12. The van der Waals surface area contributed by atoms with Gasteiger partial charge in [0.15, 0.2) is 0 Å². The molecule has 0 aromatic heterocycles. The fraction of sp³-hybridized carbons (Fsp3) is 0.545. The molecule has 2 N–H and O–H groups in total. The predicted molar refractivity (Wildman–Crippen MR) is 59.1 cm³/mol. The molecule has 0 fully saturated rings. The molecule has 0 aromatic rings. The van der Waals surface area contributed by atoms with Gasteiger partial charge in [-0.3, -0.25) is 19.3 Å². The Balaban J connectivity index is 2.41. The fourth-order valence-electron chi connectivity index (χ4n) is 1.23. The van der Waals surface area contributed by atoms with Crippen LogP contribution in [0.4, 0.5) is 0 Å². The van der Waals surface area contributed by atoms with Crippen molar-refractivity contribution in [2.24, 2.45) is 5.41 Å². The van der Waals surface area contributed by atoms with Gasteiger partial charge in [-0.05, 0) is 6.92 Å². The summed E-state index contributed by atoms with van der Waals surface area (Å²) >= 11 is 0. The topological polar surface area (TPSA) is 104 Å². The summed E-state index contributed by atoms with van der Waals surface area (Å²) in [6, 6.07) is 0. The second-order valence-corrected chi connectivity index (χ2v) is 4.17. The smallest absolute Gasteiger partial charge is 0.316 e. The van der Waals surface area contributed by atoms with Gasteiger partial charge in [0.2, 0.25) is 0 Å². The number of hydrogen-bond acceptors (Lipinski definition) is 6. The van der Waals surface area contributed by atoms with Crippen LogP contribution >= 0.6 is 0 Å². The van der Waals surface area contributed by atoms with Crippen molar-refractivity contribution in [1.29, 1.82) is 0 Å². The summed E-state index contributed by atoms with van der Waals surface area (Å²) in [4.78, 5) is 34.8. The van der Waals surface area contributed by atoms with Crippen LogP contribution in [0, 0.1) is 5.41 Å². The average molecular weight is 257 g/mol. The monoisotopic (exact) mass is 257 g/mol. The van der Waals surface area contributed by atoms with Crippen LogP contribution in [0.15, 0.2) is 12.2 Å². The maximum Gasteiger partial charge on any atom is 0.316 e.